The van der Waals surface area contributed by atoms with Crippen LogP contribution in [0, 0.1) is 11.7 Å². The van der Waals surface area contributed by atoms with Crippen LogP contribution in [-0.4, -0.2) is 32.5 Å². The molecule has 0 spiro atoms. The van der Waals surface area contributed by atoms with Gasteiger partial charge in [0.05, 0.1) is 24.3 Å². The average Bonchev–Trinajstić information content (AvgIpc) is 3.24. The van der Waals surface area contributed by atoms with E-state index in [0.29, 0.717) is 52.9 Å². The Labute approximate surface area is 224 Å². The van der Waals surface area contributed by atoms with E-state index < -0.39 is 0 Å². The van der Waals surface area contributed by atoms with E-state index in [1.165, 1.54) is 28.8 Å². The van der Waals surface area contributed by atoms with Crippen LogP contribution in [0.3, 0.4) is 0 Å². The Kier molecular flexibility index (Phi) is 7.62. The zero-order valence-electron chi connectivity index (χ0n) is 20.4. The molecule has 1 aliphatic heterocycles. The summed E-state index contributed by atoms with van der Waals surface area (Å²) in [6.07, 6.45) is 5.15. The van der Waals surface area contributed by atoms with Gasteiger partial charge in [0, 0.05) is 18.9 Å². The monoisotopic (exact) mass is 538 g/mol. The maximum atomic E-state index is 13.2. The number of carbonyl (C=O) groups excluding carboxylic acids is 2. The van der Waals surface area contributed by atoms with Gasteiger partial charge >= 0.3 is 0 Å². The number of carbonyl (C=O) groups is 2. The third-order valence-electron chi connectivity index (χ3n) is 6.60. The van der Waals surface area contributed by atoms with Crippen molar-refractivity contribution in [3.05, 3.63) is 88.4 Å². The number of thiocarbonyl (C=S) groups is 1. The topological polar surface area (TPSA) is 66.9 Å². The number of benzene rings is 1. The minimum absolute atomic E-state index is 0.0542. The van der Waals surface area contributed by atoms with Crippen LogP contribution in [0.15, 0.2) is 68.5 Å². The Morgan fingerprint density at radius 2 is 1.95 bits per heavy atom. The molecule has 1 saturated heterocycles. The van der Waals surface area contributed by atoms with Gasteiger partial charge < -0.3 is 13.7 Å². The van der Waals surface area contributed by atoms with Crippen LogP contribution in [0.4, 0.5) is 4.39 Å². The van der Waals surface area contributed by atoms with E-state index in [-0.39, 0.29) is 24.1 Å². The van der Waals surface area contributed by atoms with Crippen LogP contribution in [0.25, 0.3) is 6.08 Å². The van der Waals surface area contributed by atoms with E-state index in [2.05, 4.69) is 6.92 Å². The van der Waals surface area contributed by atoms with Gasteiger partial charge in [0.15, 0.2) is 0 Å². The Bertz CT molecular complexity index is 1320. The molecule has 6 nitrogen and oxygen atoms in total. The molecule has 2 aromatic heterocycles. The summed E-state index contributed by atoms with van der Waals surface area (Å²) in [4.78, 5) is 29.8. The molecule has 0 N–H and O–H groups in total. The van der Waals surface area contributed by atoms with E-state index in [0.717, 1.165) is 23.5 Å². The summed E-state index contributed by atoms with van der Waals surface area (Å²) in [6, 6.07) is 13.5. The first-order valence-corrected chi connectivity index (χ1v) is 13.5. The predicted molar refractivity (Wildman–Crippen MR) is 144 cm³/mol. The maximum Gasteiger partial charge on any atom is 0.266 e. The summed E-state index contributed by atoms with van der Waals surface area (Å²) in [5, 5.41) is 0. The predicted octanol–water partition coefficient (Wildman–Crippen LogP) is 6.35. The molecule has 2 unspecified atom stereocenters. The smallest absolute Gasteiger partial charge is 0.266 e. The van der Waals surface area contributed by atoms with E-state index in [9.17, 15) is 14.0 Å². The average molecular weight is 539 g/mol. The second-order valence-corrected chi connectivity index (χ2v) is 11.1. The second-order valence-electron chi connectivity index (χ2n) is 9.44. The largest absolute Gasteiger partial charge is 0.467 e. The fraction of sp³-hybridized carbons (Fsp3) is 0.321. The summed E-state index contributed by atoms with van der Waals surface area (Å²) in [5.74, 6) is 2.96. The molecule has 2 amide bonds. The van der Waals surface area contributed by atoms with Crippen molar-refractivity contribution >= 4 is 46.2 Å². The second kappa shape index (κ2) is 11.1. The molecule has 3 heterocycles. The van der Waals surface area contributed by atoms with Crippen molar-refractivity contribution in [3.8, 4) is 0 Å². The molecular weight excluding hydrogens is 511 g/mol. The van der Waals surface area contributed by atoms with Gasteiger partial charge in [-0.1, -0.05) is 43.0 Å². The summed E-state index contributed by atoms with van der Waals surface area (Å²) in [5.41, 5.74) is 0.725. The third kappa shape index (κ3) is 6.22. The van der Waals surface area contributed by atoms with Crippen LogP contribution in [0.5, 0.6) is 0 Å². The quantitative estimate of drug-likeness (QED) is 0.222. The molecule has 5 rings (SSSR count). The standard InChI is InChI=1S/C28H27FN2O4S2/c1-18-14-23(18)24-11-10-22(35-24)17-30(16-21-4-3-13-34-21)26(32)5-2-12-31-27(33)25(37-28(31)36)15-19-6-8-20(29)9-7-19/h3-4,6-11,13,15,18,23H,2,5,12,14,16-17H2,1H3/b25-15-. The highest BCUT2D eigenvalue weighted by molar-refractivity contribution is 8.26. The molecule has 0 radical (unpaired) electrons. The van der Waals surface area contributed by atoms with Gasteiger partial charge in [-0.05, 0) is 66.8 Å². The number of amides is 2. The molecule has 1 aromatic carbocycles. The molecule has 2 aliphatic rings. The number of rotatable bonds is 10. The summed E-state index contributed by atoms with van der Waals surface area (Å²) in [7, 11) is 0. The first-order chi connectivity index (χ1) is 17.9. The Morgan fingerprint density at radius 3 is 2.65 bits per heavy atom. The Morgan fingerprint density at radius 1 is 1.19 bits per heavy atom. The molecular formula is C28H27FN2O4S2. The highest BCUT2D eigenvalue weighted by Gasteiger charge is 2.37. The van der Waals surface area contributed by atoms with Crippen molar-refractivity contribution in [1.29, 1.82) is 0 Å². The number of hydrogen-bond acceptors (Lipinski definition) is 6. The van der Waals surface area contributed by atoms with Crippen molar-refractivity contribution in [2.75, 3.05) is 6.54 Å². The van der Waals surface area contributed by atoms with E-state index in [4.69, 9.17) is 21.1 Å². The van der Waals surface area contributed by atoms with Crippen LogP contribution in [0.1, 0.15) is 54.9 Å². The highest BCUT2D eigenvalue weighted by Crippen LogP contribution is 2.47. The third-order valence-corrected chi connectivity index (χ3v) is 7.98. The number of hydrogen-bond donors (Lipinski definition) is 0. The SMILES string of the molecule is CC1CC1c1ccc(CN(Cc2ccco2)C(=O)CCCN2C(=O)/C(=C/c3ccc(F)cc3)SC2=S)o1. The molecule has 9 heteroatoms. The van der Waals surface area contributed by atoms with E-state index >= 15 is 0 Å². The molecule has 2 atom stereocenters. The van der Waals surface area contributed by atoms with Gasteiger partial charge in [0.2, 0.25) is 5.91 Å². The van der Waals surface area contributed by atoms with Crippen LogP contribution in [-0.2, 0) is 22.7 Å². The summed E-state index contributed by atoms with van der Waals surface area (Å²) >= 11 is 6.62. The summed E-state index contributed by atoms with van der Waals surface area (Å²) < 4.78 is 25.1. The van der Waals surface area contributed by atoms with Gasteiger partial charge in [-0.15, -0.1) is 0 Å². The van der Waals surface area contributed by atoms with Crippen molar-refractivity contribution in [3.63, 3.8) is 0 Å². The number of furan rings is 2. The van der Waals surface area contributed by atoms with Crippen molar-refractivity contribution in [1.82, 2.24) is 9.80 Å². The molecule has 37 heavy (non-hydrogen) atoms. The van der Waals surface area contributed by atoms with Crippen molar-refractivity contribution in [2.24, 2.45) is 5.92 Å². The number of halogens is 1. The molecule has 192 valence electrons. The normalized spacial score (nSPS) is 20.2. The van der Waals surface area contributed by atoms with Crippen molar-refractivity contribution in [2.45, 2.75) is 45.2 Å². The highest BCUT2D eigenvalue weighted by atomic mass is 32.2. The fourth-order valence-corrected chi connectivity index (χ4v) is 5.67. The zero-order valence-corrected chi connectivity index (χ0v) is 22.0. The maximum absolute atomic E-state index is 13.2. The molecule has 3 aromatic rings. The van der Waals surface area contributed by atoms with Crippen molar-refractivity contribution < 1.29 is 22.8 Å². The Balaban J connectivity index is 1.19. The number of thioether (sulfide) groups is 1. The minimum atomic E-state index is -0.333. The van der Waals surface area contributed by atoms with E-state index in [1.807, 2.05) is 18.2 Å². The first kappa shape index (κ1) is 25.5. The van der Waals surface area contributed by atoms with Gasteiger partial charge in [-0.2, -0.15) is 0 Å². The van der Waals surface area contributed by atoms with Gasteiger partial charge in [-0.3, -0.25) is 14.5 Å². The van der Waals surface area contributed by atoms with Gasteiger partial charge in [0.1, 0.15) is 27.4 Å². The lowest BCUT2D eigenvalue weighted by Crippen LogP contribution is -2.32. The molecule has 2 fully saturated rings. The van der Waals surface area contributed by atoms with Gasteiger partial charge in [0.25, 0.3) is 5.91 Å². The van der Waals surface area contributed by atoms with Crippen LogP contribution < -0.4 is 0 Å². The number of nitrogens with zero attached hydrogens (tertiary/aromatic N) is 2. The van der Waals surface area contributed by atoms with E-state index in [1.54, 1.807) is 35.4 Å². The lowest BCUT2D eigenvalue weighted by molar-refractivity contribution is -0.133. The fourth-order valence-electron chi connectivity index (χ4n) is 4.36. The lowest BCUT2D eigenvalue weighted by Gasteiger charge is -2.21. The first-order valence-electron chi connectivity index (χ1n) is 12.3. The zero-order chi connectivity index (χ0) is 25.9. The molecule has 0 bridgehead atoms. The lowest BCUT2D eigenvalue weighted by atomic mass is 10.2. The summed E-state index contributed by atoms with van der Waals surface area (Å²) in [6.45, 7) is 3.23. The molecule has 1 saturated carbocycles. The Hall–Kier alpha value is -3.17. The van der Waals surface area contributed by atoms with Crippen LogP contribution in [0.2, 0.25) is 0 Å². The van der Waals surface area contributed by atoms with Crippen LogP contribution >= 0.6 is 24.0 Å². The minimum Gasteiger partial charge on any atom is -0.467 e. The van der Waals surface area contributed by atoms with Gasteiger partial charge in [-0.25, -0.2) is 4.39 Å². The molecule has 1 aliphatic carbocycles.